The molecule has 2 unspecified atom stereocenters. The van der Waals surface area contributed by atoms with Crippen molar-refractivity contribution in [1.29, 1.82) is 0 Å². The number of rotatable bonds is 8. The second-order valence-corrected chi connectivity index (χ2v) is 4.76. The lowest BCUT2D eigenvalue weighted by atomic mass is 10.0. The highest BCUT2D eigenvalue weighted by molar-refractivity contribution is 6.00. The molecule has 0 aromatic heterocycles. The molecule has 0 bridgehead atoms. The van der Waals surface area contributed by atoms with E-state index in [4.69, 9.17) is 9.47 Å². The van der Waals surface area contributed by atoms with Crippen molar-refractivity contribution in [3.8, 4) is 0 Å². The Morgan fingerprint density at radius 3 is 2.33 bits per heavy atom. The van der Waals surface area contributed by atoms with Crippen LogP contribution < -0.4 is 0 Å². The van der Waals surface area contributed by atoms with Gasteiger partial charge in [0.15, 0.2) is 12.2 Å². The minimum absolute atomic E-state index is 0.220. The fourth-order valence-corrected chi connectivity index (χ4v) is 1.74. The van der Waals surface area contributed by atoms with Crippen LogP contribution in [0, 0.1) is 0 Å². The molecule has 0 radical (unpaired) electrons. The smallest absolute Gasteiger partial charge is 0.335 e. The maximum absolute atomic E-state index is 12.2. The molecule has 1 aromatic carbocycles. The summed E-state index contributed by atoms with van der Waals surface area (Å²) < 4.78 is 10.3. The van der Waals surface area contributed by atoms with Crippen molar-refractivity contribution in [2.45, 2.75) is 39.4 Å². The average molecular weight is 290 g/mol. The zero-order valence-corrected chi connectivity index (χ0v) is 12.8. The van der Waals surface area contributed by atoms with Gasteiger partial charge >= 0.3 is 5.97 Å². The van der Waals surface area contributed by atoms with E-state index in [-0.39, 0.29) is 12.4 Å². The molecule has 0 saturated carbocycles. The van der Waals surface area contributed by atoms with E-state index < -0.39 is 18.2 Å². The van der Waals surface area contributed by atoms with E-state index in [1.54, 1.807) is 32.1 Å². The third-order valence-corrected chi connectivity index (χ3v) is 3.10. The van der Waals surface area contributed by atoms with Gasteiger partial charge in [0.25, 0.3) is 0 Å². The molecule has 0 spiro atoms. The van der Waals surface area contributed by atoms with Crippen LogP contribution in [0.25, 0.3) is 0 Å². The van der Waals surface area contributed by atoms with Gasteiger partial charge in [-0.2, -0.15) is 0 Å². The number of benzene rings is 1. The van der Waals surface area contributed by atoms with Gasteiger partial charge in [0, 0.05) is 5.56 Å². The van der Waals surface area contributed by atoms with Crippen molar-refractivity contribution in [1.82, 2.24) is 0 Å². The number of Topliss-reactive ketones (excluding diaryl/α,β-unsaturated/α-hetero) is 1. The van der Waals surface area contributed by atoms with Crippen molar-refractivity contribution in [3.63, 3.8) is 0 Å². The van der Waals surface area contributed by atoms with Crippen LogP contribution in [0.1, 0.15) is 36.7 Å². The lowest BCUT2D eigenvalue weighted by molar-refractivity contribution is -0.157. The first-order valence-corrected chi connectivity index (χ1v) is 7.05. The van der Waals surface area contributed by atoms with Gasteiger partial charge in [-0.1, -0.05) is 37.3 Å². The first-order chi connectivity index (χ1) is 9.99. The van der Waals surface area contributed by atoms with Crippen molar-refractivity contribution in [2.75, 3.05) is 6.61 Å². The van der Waals surface area contributed by atoms with Gasteiger partial charge in [-0.15, -0.1) is 6.58 Å². The second kappa shape index (κ2) is 8.37. The van der Waals surface area contributed by atoms with Gasteiger partial charge < -0.3 is 9.47 Å². The first-order valence-electron chi connectivity index (χ1n) is 7.05. The molecule has 1 rings (SSSR count). The second-order valence-electron chi connectivity index (χ2n) is 4.76. The molecule has 4 nitrogen and oxygen atoms in total. The summed E-state index contributed by atoms with van der Waals surface area (Å²) in [4.78, 5) is 23.9. The largest absolute Gasteiger partial charge is 0.452 e. The predicted molar refractivity (Wildman–Crippen MR) is 81.3 cm³/mol. The Kier molecular flexibility index (Phi) is 6.82. The quantitative estimate of drug-likeness (QED) is 0.419. The number of hydrogen-bond donors (Lipinski definition) is 0. The summed E-state index contributed by atoms with van der Waals surface area (Å²) in [5.41, 5.74) is 1.69. The van der Waals surface area contributed by atoms with Gasteiger partial charge in [-0.05, 0) is 25.8 Å². The summed E-state index contributed by atoms with van der Waals surface area (Å²) in [7, 11) is 0. The highest BCUT2D eigenvalue weighted by atomic mass is 16.6. The number of ether oxygens (including phenoxy) is 2. The fraction of sp³-hybridized carbons (Fsp3) is 0.412. The Labute approximate surface area is 125 Å². The third kappa shape index (κ3) is 5.16. The van der Waals surface area contributed by atoms with Gasteiger partial charge in [-0.25, -0.2) is 4.79 Å². The number of hydrogen-bond acceptors (Lipinski definition) is 4. The molecule has 21 heavy (non-hydrogen) atoms. The molecule has 2 atom stereocenters. The Morgan fingerprint density at radius 1 is 1.19 bits per heavy atom. The molecule has 0 aliphatic heterocycles. The van der Waals surface area contributed by atoms with Gasteiger partial charge in [0.2, 0.25) is 5.78 Å². The minimum Gasteiger partial charge on any atom is -0.452 e. The monoisotopic (exact) mass is 290 g/mol. The fourth-order valence-electron chi connectivity index (χ4n) is 1.74. The number of aryl methyl sites for hydroxylation is 1. The molecule has 0 heterocycles. The summed E-state index contributed by atoms with van der Waals surface area (Å²) in [5.74, 6) is -0.773. The Balaban J connectivity index is 2.60. The molecular formula is C17H22O4. The van der Waals surface area contributed by atoms with Crippen LogP contribution in [0.3, 0.4) is 0 Å². The number of carbonyl (C=O) groups is 2. The van der Waals surface area contributed by atoms with E-state index in [9.17, 15) is 9.59 Å². The van der Waals surface area contributed by atoms with Crippen LogP contribution in [0.4, 0.5) is 0 Å². The van der Waals surface area contributed by atoms with E-state index in [1.807, 2.05) is 19.1 Å². The minimum atomic E-state index is -0.834. The standard InChI is InChI=1S/C17H22O4/c1-5-11-20-13(4)17(19)21-12(3)16(18)15-9-7-14(6-2)8-10-15/h5,7-10,12-13H,1,6,11H2,2-4H3. The Hall–Kier alpha value is -1.94. The van der Waals surface area contributed by atoms with Crippen LogP contribution in [-0.4, -0.2) is 30.6 Å². The topological polar surface area (TPSA) is 52.6 Å². The molecule has 0 aliphatic rings. The molecule has 0 aliphatic carbocycles. The number of carbonyl (C=O) groups excluding carboxylic acids is 2. The number of esters is 1. The average Bonchev–Trinajstić information content (AvgIpc) is 2.51. The van der Waals surface area contributed by atoms with Crippen LogP contribution in [0.2, 0.25) is 0 Å². The van der Waals surface area contributed by atoms with Crippen molar-refractivity contribution < 1.29 is 19.1 Å². The van der Waals surface area contributed by atoms with Crippen LogP contribution in [-0.2, 0) is 20.7 Å². The van der Waals surface area contributed by atoms with E-state index >= 15 is 0 Å². The SMILES string of the molecule is C=CCOC(C)C(=O)OC(C)C(=O)c1ccc(CC)cc1. The maximum atomic E-state index is 12.2. The van der Waals surface area contributed by atoms with Crippen LogP contribution >= 0.6 is 0 Å². The molecule has 1 aromatic rings. The summed E-state index contributed by atoms with van der Waals surface area (Å²) >= 11 is 0. The summed E-state index contributed by atoms with van der Waals surface area (Å²) in [6.07, 6.45) is 0.908. The van der Waals surface area contributed by atoms with E-state index in [1.165, 1.54) is 0 Å². The predicted octanol–water partition coefficient (Wildman–Crippen LogP) is 2.95. The Bertz CT molecular complexity index is 490. The van der Waals surface area contributed by atoms with Crippen molar-refractivity contribution >= 4 is 11.8 Å². The Morgan fingerprint density at radius 2 is 1.81 bits per heavy atom. The lowest BCUT2D eigenvalue weighted by Crippen LogP contribution is -2.31. The first kappa shape index (κ1) is 17.1. The van der Waals surface area contributed by atoms with Crippen molar-refractivity contribution in [3.05, 3.63) is 48.0 Å². The normalized spacial score (nSPS) is 13.3. The molecule has 0 amide bonds. The molecule has 114 valence electrons. The maximum Gasteiger partial charge on any atom is 0.335 e. The summed E-state index contributed by atoms with van der Waals surface area (Å²) in [6, 6.07) is 7.31. The van der Waals surface area contributed by atoms with Gasteiger partial charge in [-0.3, -0.25) is 4.79 Å². The van der Waals surface area contributed by atoms with Crippen molar-refractivity contribution in [2.24, 2.45) is 0 Å². The molecule has 4 heteroatoms. The summed E-state index contributed by atoms with van der Waals surface area (Å²) in [6.45, 7) is 8.96. The highest BCUT2D eigenvalue weighted by Gasteiger charge is 2.23. The van der Waals surface area contributed by atoms with E-state index in [0.29, 0.717) is 5.56 Å². The number of ketones is 1. The van der Waals surface area contributed by atoms with Gasteiger partial charge in [0.1, 0.15) is 0 Å². The molecule has 0 fully saturated rings. The van der Waals surface area contributed by atoms with E-state index in [2.05, 4.69) is 6.58 Å². The van der Waals surface area contributed by atoms with Gasteiger partial charge in [0.05, 0.1) is 6.61 Å². The zero-order chi connectivity index (χ0) is 15.8. The molecular weight excluding hydrogens is 268 g/mol. The zero-order valence-electron chi connectivity index (χ0n) is 12.8. The molecule has 0 saturated heterocycles. The summed E-state index contributed by atoms with van der Waals surface area (Å²) in [5, 5.41) is 0. The molecule has 0 N–H and O–H groups in total. The lowest BCUT2D eigenvalue weighted by Gasteiger charge is -2.16. The van der Waals surface area contributed by atoms with Crippen LogP contribution in [0.15, 0.2) is 36.9 Å². The third-order valence-electron chi connectivity index (χ3n) is 3.10. The highest BCUT2D eigenvalue weighted by Crippen LogP contribution is 2.10. The van der Waals surface area contributed by atoms with Crippen LogP contribution in [0.5, 0.6) is 0 Å². The van der Waals surface area contributed by atoms with E-state index in [0.717, 1.165) is 12.0 Å².